The molecule has 0 aliphatic heterocycles. The van der Waals surface area contributed by atoms with E-state index < -0.39 is 0 Å². The van der Waals surface area contributed by atoms with Crippen molar-refractivity contribution >= 4 is 17.2 Å². The molecule has 0 aromatic carbocycles. The first-order valence-corrected chi connectivity index (χ1v) is 6.07. The fraction of sp³-hybridized carbons (Fsp3) is 0.167. The average Bonchev–Trinajstić information content (AvgIpc) is 2.90. The van der Waals surface area contributed by atoms with E-state index >= 15 is 0 Å². The highest BCUT2D eigenvalue weighted by molar-refractivity contribution is 7.13. The number of aromatic nitrogens is 1. The summed E-state index contributed by atoms with van der Waals surface area (Å²) in [6.45, 7) is 0.186. The van der Waals surface area contributed by atoms with Gasteiger partial charge in [0.25, 0.3) is 5.91 Å². The molecule has 17 heavy (non-hydrogen) atoms. The number of aliphatic hydroxyl groups is 1. The maximum Gasteiger partial charge on any atom is 0.252 e. The zero-order valence-corrected chi connectivity index (χ0v) is 9.91. The quantitative estimate of drug-likeness (QED) is 0.862. The zero-order chi connectivity index (χ0) is 12.1. The second-order valence-corrected chi connectivity index (χ2v) is 4.37. The van der Waals surface area contributed by atoms with Gasteiger partial charge < -0.3 is 10.4 Å². The highest BCUT2D eigenvalue weighted by Gasteiger charge is 2.07. The molecule has 1 amide bonds. The minimum Gasteiger partial charge on any atom is -0.395 e. The molecule has 0 saturated carbocycles. The number of hydrogen-bond donors (Lipinski definition) is 2. The third kappa shape index (κ3) is 2.89. The van der Waals surface area contributed by atoms with E-state index in [0.29, 0.717) is 5.56 Å². The number of pyridine rings is 1. The molecule has 0 bridgehead atoms. The van der Waals surface area contributed by atoms with Crippen LogP contribution in [-0.2, 0) is 0 Å². The molecular weight excluding hydrogens is 236 g/mol. The minimum absolute atomic E-state index is 0.0657. The third-order valence-electron chi connectivity index (χ3n) is 2.20. The molecule has 0 unspecified atom stereocenters. The standard InChI is InChI=1S/C12H12N2O2S/c15-4-3-14-12(16)10-6-9(7-13-8-10)11-2-1-5-17-11/h1-2,5-8,15H,3-4H2,(H,14,16). The predicted molar refractivity (Wildman–Crippen MR) is 67.0 cm³/mol. The van der Waals surface area contributed by atoms with E-state index in [-0.39, 0.29) is 19.1 Å². The molecule has 88 valence electrons. The van der Waals surface area contributed by atoms with Crippen LogP contribution in [0.25, 0.3) is 10.4 Å². The largest absolute Gasteiger partial charge is 0.395 e. The summed E-state index contributed by atoms with van der Waals surface area (Å²) in [5.74, 6) is -0.218. The van der Waals surface area contributed by atoms with Crippen LogP contribution in [0.3, 0.4) is 0 Å². The molecule has 5 heteroatoms. The summed E-state index contributed by atoms with van der Waals surface area (Å²) < 4.78 is 0. The molecule has 0 aliphatic rings. The van der Waals surface area contributed by atoms with Crippen molar-refractivity contribution in [1.29, 1.82) is 0 Å². The highest BCUT2D eigenvalue weighted by Crippen LogP contribution is 2.24. The van der Waals surface area contributed by atoms with Crippen molar-refractivity contribution in [3.8, 4) is 10.4 Å². The number of hydrogen-bond acceptors (Lipinski definition) is 4. The maximum atomic E-state index is 11.7. The Morgan fingerprint density at radius 3 is 3.06 bits per heavy atom. The third-order valence-corrected chi connectivity index (χ3v) is 3.12. The van der Waals surface area contributed by atoms with Crippen molar-refractivity contribution in [2.45, 2.75) is 0 Å². The van der Waals surface area contributed by atoms with Crippen LogP contribution in [0.2, 0.25) is 0 Å². The number of amides is 1. The van der Waals surface area contributed by atoms with E-state index in [1.807, 2.05) is 17.5 Å². The SMILES string of the molecule is O=C(NCCO)c1cncc(-c2cccs2)c1. The molecule has 2 rings (SSSR count). The molecule has 2 aromatic heterocycles. The van der Waals surface area contributed by atoms with Crippen LogP contribution in [0.4, 0.5) is 0 Å². The molecule has 4 nitrogen and oxygen atoms in total. The van der Waals surface area contributed by atoms with Gasteiger partial charge in [-0.3, -0.25) is 9.78 Å². The first kappa shape index (κ1) is 11.8. The smallest absolute Gasteiger partial charge is 0.252 e. The zero-order valence-electron chi connectivity index (χ0n) is 9.09. The van der Waals surface area contributed by atoms with Crippen molar-refractivity contribution in [2.75, 3.05) is 13.2 Å². The molecule has 0 atom stereocenters. The Morgan fingerprint density at radius 1 is 1.47 bits per heavy atom. The van der Waals surface area contributed by atoms with Gasteiger partial charge in [0.15, 0.2) is 0 Å². The predicted octanol–water partition coefficient (Wildman–Crippen LogP) is 1.53. The van der Waals surface area contributed by atoms with Gasteiger partial charge in [-0.15, -0.1) is 11.3 Å². The fourth-order valence-electron chi connectivity index (χ4n) is 1.41. The molecule has 2 heterocycles. The Hall–Kier alpha value is -1.72. The number of nitrogens with one attached hydrogen (secondary N) is 1. The lowest BCUT2D eigenvalue weighted by Gasteiger charge is -2.04. The summed E-state index contributed by atoms with van der Waals surface area (Å²) >= 11 is 1.60. The molecule has 0 aliphatic carbocycles. The number of thiophene rings is 1. The highest BCUT2D eigenvalue weighted by atomic mass is 32.1. The lowest BCUT2D eigenvalue weighted by molar-refractivity contribution is 0.0944. The molecule has 0 spiro atoms. The van der Waals surface area contributed by atoms with E-state index in [2.05, 4.69) is 10.3 Å². The van der Waals surface area contributed by atoms with Crippen molar-refractivity contribution in [3.05, 3.63) is 41.5 Å². The fourth-order valence-corrected chi connectivity index (χ4v) is 2.12. The van der Waals surface area contributed by atoms with Crippen LogP contribution in [0.1, 0.15) is 10.4 Å². The lowest BCUT2D eigenvalue weighted by atomic mass is 10.1. The monoisotopic (exact) mass is 248 g/mol. The van der Waals surface area contributed by atoms with E-state index in [0.717, 1.165) is 10.4 Å². The summed E-state index contributed by atoms with van der Waals surface area (Å²) in [4.78, 5) is 16.8. The first-order valence-electron chi connectivity index (χ1n) is 5.19. The second kappa shape index (κ2) is 5.56. The first-order chi connectivity index (χ1) is 8.31. The number of aliphatic hydroxyl groups excluding tert-OH is 1. The van der Waals surface area contributed by atoms with Gasteiger partial charge in [-0.2, -0.15) is 0 Å². The van der Waals surface area contributed by atoms with Gasteiger partial charge in [0, 0.05) is 29.4 Å². The van der Waals surface area contributed by atoms with Crippen molar-refractivity contribution in [1.82, 2.24) is 10.3 Å². The number of carbonyl (C=O) groups excluding carboxylic acids is 1. The van der Waals surface area contributed by atoms with E-state index in [4.69, 9.17) is 5.11 Å². The molecule has 0 fully saturated rings. The molecule has 0 radical (unpaired) electrons. The summed E-state index contributed by atoms with van der Waals surface area (Å²) in [5.41, 5.74) is 1.43. The van der Waals surface area contributed by atoms with Crippen LogP contribution in [0.5, 0.6) is 0 Å². The Morgan fingerprint density at radius 2 is 2.35 bits per heavy atom. The maximum absolute atomic E-state index is 11.7. The van der Waals surface area contributed by atoms with Crippen LogP contribution in [0.15, 0.2) is 36.0 Å². The summed E-state index contributed by atoms with van der Waals surface area (Å²) in [6.07, 6.45) is 3.25. The Kier molecular flexibility index (Phi) is 3.85. The molecule has 2 N–H and O–H groups in total. The second-order valence-electron chi connectivity index (χ2n) is 3.42. The Balaban J connectivity index is 2.20. The van der Waals surface area contributed by atoms with Gasteiger partial charge in [0.05, 0.1) is 12.2 Å². The summed E-state index contributed by atoms with van der Waals surface area (Å²) in [6, 6.07) is 5.74. The Bertz CT molecular complexity index is 497. The average molecular weight is 248 g/mol. The van der Waals surface area contributed by atoms with Gasteiger partial charge >= 0.3 is 0 Å². The van der Waals surface area contributed by atoms with Crippen LogP contribution in [-0.4, -0.2) is 29.1 Å². The lowest BCUT2D eigenvalue weighted by Crippen LogP contribution is -2.26. The topological polar surface area (TPSA) is 62.2 Å². The van der Waals surface area contributed by atoms with Crippen molar-refractivity contribution in [2.24, 2.45) is 0 Å². The summed E-state index contributed by atoms with van der Waals surface area (Å²) in [7, 11) is 0. The molecular formula is C12H12N2O2S. The van der Waals surface area contributed by atoms with Gasteiger partial charge in [0.1, 0.15) is 0 Å². The number of rotatable bonds is 4. The van der Waals surface area contributed by atoms with Crippen molar-refractivity contribution < 1.29 is 9.90 Å². The molecule has 2 aromatic rings. The van der Waals surface area contributed by atoms with Gasteiger partial charge in [-0.05, 0) is 17.5 Å². The van der Waals surface area contributed by atoms with Gasteiger partial charge in [-0.25, -0.2) is 0 Å². The van der Waals surface area contributed by atoms with Crippen LogP contribution >= 0.6 is 11.3 Å². The number of nitrogens with zero attached hydrogens (tertiary/aromatic N) is 1. The van der Waals surface area contributed by atoms with Gasteiger partial charge in [-0.1, -0.05) is 6.07 Å². The van der Waals surface area contributed by atoms with E-state index in [1.54, 1.807) is 23.6 Å². The molecule has 0 saturated heterocycles. The Labute approximate surface area is 103 Å². The summed E-state index contributed by atoms with van der Waals surface area (Å²) in [5, 5.41) is 13.2. The normalized spacial score (nSPS) is 10.2. The van der Waals surface area contributed by atoms with E-state index in [9.17, 15) is 4.79 Å². The van der Waals surface area contributed by atoms with Crippen LogP contribution < -0.4 is 5.32 Å². The van der Waals surface area contributed by atoms with Crippen LogP contribution in [0, 0.1) is 0 Å². The van der Waals surface area contributed by atoms with Crippen molar-refractivity contribution in [3.63, 3.8) is 0 Å². The minimum atomic E-state index is -0.218. The van der Waals surface area contributed by atoms with E-state index in [1.165, 1.54) is 6.20 Å². The van der Waals surface area contributed by atoms with Gasteiger partial charge in [0.2, 0.25) is 0 Å². The number of carbonyl (C=O) groups is 1.